The summed E-state index contributed by atoms with van der Waals surface area (Å²) < 4.78 is 0. The monoisotopic (exact) mass is 386 g/mol. The van der Waals surface area contributed by atoms with Crippen molar-refractivity contribution in [3.63, 3.8) is 0 Å². The first-order chi connectivity index (χ1) is 14.2. The number of hydrogen-bond acceptors (Lipinski definition) is 2. The third kappa shape index (κ3) is 11.3. The molecule has 29 heavy (non-hydrogen) atoms. The van der Waals surface area contributed by atoms with Crippen LogP contribution in [-0.2, 0) is 0 Å². The van der Waals surface area contributed by atoms with Gasteiger partial charge in [0.1, 0.15) is 0 Å². The zero-order valence-corrected chi connectivity index (χ0v) is 17.8. The van der Waals surface area contributed by atoms with Gasteiger partial charge in [-0.1, -0.05) is 73.9 Å². The molecule has 1 aliphatic rings. The van der Waals surface area contributed by atoms with Crippen molar-refractivity contribution in [1.29, 1.82) is 0 Å². The second kappa shape index (κ2) is 15.8. The van der Waals surface area contributed by atoms with Gasteiger partial charge in [0.2, 0.25) is 0 Å². The Bertz CT molecular complexity index is 801. The van der Waals surface area contributed by atoms with Gasteiger partial charge in [0.05, 0.1) is 5.70 Å². The second-order valence-electron chi connectivity index (χ2n) is 6.38. The molecule has 0 unspecified atom stereocenters. The topological polar surface area (TPSA) is 24.1 Å². The van der Waals surface area contributed by atoms with Crippen LogP contribution in [0.25, 0.3) is 0 Å². The Morgan fingerprint density at radius 3 is 2.41 bits per heavy atom. The van der Waals surface area contributed by atoms with Crippen LogP contribution in [0.2, 0.25) is 0 Å². The van der Waals surface area contributed by atoms with Crippen molar-refractivity contribution in [2.45, 2.75) is 39.5 Å². The molecule has 0 radical (unpaired) electrons. The van der Waals surface area contributed by atoms with Crippen molar-refractivity contribution in [2.75, 3.05) is 0 Å². The molecule has 0 heterocycles. The predicted molar refractivity (Wildman–Crippen MR) is 129 cm³/mol. The quantitative estimate of drug-likeness (QED) is 0.225. The highest BCUT2D eigenvalue weighted by Gasteiger charge is 2.02. The Kier molecular flexibility index (Phi) is 13.0. The lowest BCUT2D eigenvalue weighted by molar-refractivity contribution is 0.879. The Balaban J connectivity index is 3.03. The van der Waals surface area contributed by atoms with Crippen molar-refractivity contribution < 1.29 is 0 Å². The normalized spacial score (nSPS) is 19.4. The Hall–Kier alpha value is -3.22. The van der Waals surface area contributed by atoms with Crippen molar-refractivity contribution in [1.82, 2.24) is 10.6 Å². The van der Waals surface area contributed by atoms with Crippen LogP contribution in [0, 0.1) is 0 Å². The fourth-order valence-corrected chi connectivity index (χ4v) is 2.50. The molecule has 0 aromatic rings. The molecule has 0 saturated carbocycles. The highest BCUT2D eigenvalue weighted by molar-refractivity contribution is 5.31. The summed E-state index contributed by atoms with van der Waals surface area (Å²) in [5, 5.41) is 7.00. The van der Waals surface area contributed by atoms with Gasteiger partial charge in [0.25, 0.3) is 0 Å². The van der Waals surface area contributed by atoms with Gasteiger partial charge in [0, 0.05) is 36.4 Å². The molecule has 152 valence electrons. The van der Waals surface area contributed by atoms with E-state index in [1.54, 1.807) is 12.2 Å². The second-order valence-corrected chi connectivity index (χ2v) is 6.38. The summed E-state index contributed by atoms with van der Waals surface area (Å²) in [5.41, 5.74) is 7.49. The van der Waals surface area contributed by atoms with E-state index in [-0.39, 0.29) is 0 Å². The zero-order chi connectivity index (χ0) is 21.2. The molecule has 0 spiro atoms. The van der Waals surface area contributed by atoms with Gasteiger partial charge >= 0.3 is 0 Å². The van der Waals surface area contributed by atoms with Crippen LogP contribution in [0.4, 0.5) is 0 Å². The van der Waals surface area contributed by atoms with Gasteiger partial charge in [-0.3, -0.25) is 0 Å². The Morgan fingerprint density at radius 1 is 1.07 bits per heavy atom. The number of hydrogen-bond donors (Lipinski definition) is 2. The van der Waals surface area contributed by atoms with Crippen LogP contribution in [0.1, 0.15) is 39.5 Å². The van der Waals surface area contributed by atoms with Gasteiger partial charge in [-0.05, 0) is 43.7 Å². The average molecular weight is 387 g/mol. The Morgan fingerprint density at radius 2 is 1.79 bits per heavy atom. The largest absolute Gasteiger partial charge is 0.362 e. The maximum atomic E-state index is 3.86. The van der Waals surface area contributed by atoms with Crippen LogP contribution >= 0.6 is 0 Å². The number of rotatable bonds is 11. The summed E-state index contributed by atoms with van der Waals surface area (Å²) in [5.74, 6) is 0. The van der Waals surface area contributed by atoms with E-state index in [0.29, 0.717) is 0 Å². The van der Waals surface area contributed by atoms with Crippen LogP contribution in [0.15, 0.2) is 127 Å². The van der Waals surface area contributed by atoms with Crippen LogP contribution in [0.3, 0.4) is 0 Å². The molecule has 1 aliphatic carbocycles. The fraction of sp³-hybridized carbons (Fsp3) is 0.222. The first kappa shape index (κ1) is 23.8. The molecule has 0 aliphatic heterocycles. The minimum atomic E-state index is 0.804. The van der Waals surface area contributed by atoms with E-state index >= 15 is 0 Å². The van der Waals surface area contributed by atoms with Gasteiger partial charge in [-0.2, -0.15) is 0 Å². The van der Waals surface area contributed by atoms with Gasteiger partial charge in [-0.25, -0.2) is 0 Å². The van der Waals surface area contributed by atoms with Gasteiger partial charge < -0.3 is 10.6 Å². The maximum absolute atomic E-state index is 3.86. The van der Waals surface area contributed by atoms with E-state index in [1.807, 2.05) is 37.3 Å². The molecular formula is C27H34N2. The first-order valence-electron chi connectivity index (χ1n) is 10.2. The van der Waals surface area contributed by atoms with Crippen LogP contribution in [-0.4, -0.2) is 0 Å². The van der Waals surface area contributed by atoms with Crippen molar-refractivity contribution >= 4 is 0 Å². The van der Waals surface area contributed by atoms with Gasteiger partial charge in [-0.15, -0.1) is 6.58 Å². The van der Waals surface area contributed by atoms with Crippen LogP contribution < -0.4 is 10.6 Å². The minimum absolute atomic E-state index is 0.804. The molecule has 0 bridgehead atoms. The molecular weight excluding hydrogens is 352 g/mol. The average Bonchev–Trinajstić information content (AvgIpc) is 2.70. The first-order valence-corrected chi connectivity index (χ1v) is 10.2. The SMILES string of the molecule is C=CC=C=C(/C=C\C=C/C)N/C1=C/C=C(/N/C(=C/C=C\CC)CC=C)C/C=C\C1. The molecule has 0 saturated heterocycles. The van der Waals surface area contributed by atoms with E-state index < -0.39 is 0 Å². The smallest absolute Gasteiger partial charge is 0.0815 e. The van der Waals surface area contributed by atoms with Crippen LogP contribution in [0.5, 0.6) is 0 Å². The van der Waals surface area contributed by atoms with E-state index in [9.17, 15) is 0 Å². The Labute approximate surface area is 177 Å². The lowest BCUT2D eigenvalue weighted by Crippen LogP contribution is -2.14. The standard InChI is InChI=1S/C27H34N2/c1-5-9-12-18-24(16-8-4)28-26-20-14-15-21-27(23-22-26)29-25(17-11-7-3)19-13-10-6-2/h6-15,18-19,22-23,28-29H,3-5,16,20-21H2,1-2H3/b10-6-,12-9-,15-14-,19-13-,24-18+,26-22+,27-23+. The molecule has 2 nitrogen and oxygen atoms in total. The highest BCUT2D eigenvalue weighted by atomic mass is 14.9. The molecule has 2 N–H and O–H groups in total. The third-order valence-electron chi connectivity index (χ3n) is 3.90. The molecule has 0 amide bonds. The summed E-state index contributed by atoms with van der Waals surface area (Å²) in [6.45, 7) is 11.7. The lowest BCUT2D eigenvalue weighted by Gasteiger charge is -2.14. The summed E-state index contributed by atoms with van der Waals surface area (Å²) in [4.78, 5) is 0. The zero-order valence-electron chi connectivity index (χ0n) is 17.8. The number of allylic oxidation sites excluding steroid dienone is 13. The lowest BCUT2D eigenvalue weighted by atomic mass is 10.1. The molecule has 1 rings (SSSR count). The van der Waals surface area contributed by atoms with Crippen molar-refractivity contribution in [2.24, 2.45) is 0 Å². The molecule has 0 aromatic carbocycles. The van der Waals surface area contributed by atoms with E-state index in [0.717, 1.165) is 48.5 Å². The minimum Gasteiger partial charge on any atom is -0.362 e. The van der Waals surface area contributed by atoms with Crippen molar-refractivity contribution in [3.05, 3.63) is 127 Å². The highest BCUT2D eigenvalue weighted by Crippen LogP contribution is 2.13. The maximum Gasteiger partial charge on any atom is 0.0815 e. The molecule has 2 heteroatoms. The van der Waals surface area contributed by atoms with E-state index in [4.69, 9.17) is 0 Å². The molecule has 0 aromatic heterocycles. The van der Waals surface area contributed by atoms with Gasteiger partial charge in [0.15, 0.2) is 0 Å². The van der Waals surface area contributed by atoms with Crippen molar-refractivity contribution in [3.8, 4) is 0 Å². The number of nitrogens with one attached hydrogen (secondary N) is 2. The summed E-state index contributed by atoms with van der Waals surface area (Å²) in [6.07, 6.45) is 32.0. The fourth-order valence-electron chi connectivity index (χ4n) is 2.50. The third-order valence-corrected chi connectivity index (χ3v) is 3.90. The molecule has 0 fully saturated rings. The summed E-state index contributed by atoms with van der Waals surface area (Å²) >= 11 is 0. The summed E-state index contributed by atoms with van der Waals surface area (Å²) in [7, 11) is 0. The molecule has 0 atom stereocenters. The summed E-state index contributed by atoms with van der Waals surface area (Å²) in [6, 6.07) is 0. The van der Waals surface area contributed by atoms with E-state index in [2.05, 4.69) is 79.0 Å². The predicted octanol–water partition coefficient (Wildman–Crippen LogP) is 7.07. The van der Waals surface area contributed by atoms with E-state index in [1.165, 1.54) is 0 Å².